The van der Waals surface area contributed by atoms with Crippen LogP contribution in [0.3, 0.4) is 0 Å². The van der Waals surface area contributed by atoms with Crippen molar-refractivity contribution < 1.29 is 10.0 Å². The zero-order valence-corrected chi connectivity index (χ0v) is 9.22. The quantitative estimate of drug-likeness (QED) is 0.580. The van der Waals surface area contributed by atoms with Crippen LogP contribution >= 0.6 is 0 Å². The second-order valence-electron chi connectivity index (χ2n) is 4.01. The van der Waals surface area contributed by atoms with Crippen molar-refractivity contribution in [3.8, 4) is 0 Å². The number of hydrogen-bond donors (Lipinski definition) is 2. The minimum absolute atomic E-state index is 0.0419. The van der Waals surface area contributed by atoms with E-state index in [0.29, 0.717) is 12.0 Å². The van der Waals surface area contributed by atoms with Crippen molar-refractivity contribution in [2.24, 2.45) is 5.73 Å². The Kier molecular flexibility index (Phi) is 3.98. The maximum Gasteiger partial charge on any atom is 0.273 e. The second kappa shape index (κ2) is 5.05. The zero-order chi connectivity index (χ0) is 12.2. The second-order valence-corrected chi connectivity index (χ2v) is 4.01. The Morgan fingerprint density at radius 2 is 2.12 bits per heavy atom. The van der Waals surface area contributed by atoms with Crippen LogP contribution in [0.15, 0.2) is 24.3 Å². The first-order valence-corrected chi connectivity index (χ1v) is 5.10. The molecule has 0 spiro atoms. The first-order chi connectivity index (χ1) is 7.55. The maximum atomic E-state index is 10.9. The minimum Gasteiger partial charge on any atom is -0.396 e. The first kappa shape index (κ1) is 12.6. The van der Waals surface area contributed by atoms with E-state index in [1.54, 1.807) is 18.2 Å². The van der Waals surface area contributed by atoms with Crippen molar-refractivity contribution in [1.29, 1.82) is 0 Å². The van der Waals surface area contributed by atoms with Crippen molar-refractivity contribution in [1.82, 2.24) is 0 Å². The van der Waals surface area contributed by atoms with E-state index in [9.17, 15) is 10.1 Å². The van der Waals surface area contributed by atoms with Gasteiger partial charge in [-0.2, -0.15) is 0 Å². The van der Waals surface area contributed by atoms with Gasteiger partial charge in [-0.1, -0.05) is 25.1 Å². The average molecular weight is 224 g/mol. The molecular weight excluding hydrogens is 208 g/mol. The summed E-state index contributed by atoms with van der Waals surface area (Å²) in [5.74, 6) is 0. The number of rotatable bonds is 5. The molecule has 1 atom stereocenters. The molecule has 0 aliphatic rings. The Labute approximate surface area is 94.0 Å². The molecule has 0 fully saturated rings. The lowest BCUT2D eigenvalue weighted by Gasteiger charge is -2.27. The highest BCUT2D eigenvalue weighted by Crippen LogP contribution is 2.33. The maximum absolute atomic E-state index is 10.9. The molecule has 5 nitrogen and oxygen atoms in total. The Balaban J connectivity index is 3.24. The van der Waals surface area contributed by atoms with Gasteiger partial charge in [0.2, 0.25) is 0 Å². The summed E-state index contributed by atoms with van der Waals surface area (Å²) in [7, 11) is 0. The monoisotopic (exact) mass is 224 g/mol. The lowest BCUT2D eigenvalue weighted by molar-refractivity contribution is -0.386. The van der Waals surface area contributed by atoms with Crippen molar-refractivity contribution in [3.63, 3.8) is 0 Å². The smallest absolute Gasteiger partial charge is 0.273 e. The number of nitrogens with zero attached hydrogens (tertiary/aromatic N) is 1. The number of aliphatic hydroxyl groups is 1. The Morgan fingerprint density at radius 3 is 2.62 bits per heavy atom. The average Bonchev–Trinajstić information content (AvgIpc) is 2.29. The van der Waals surface area contributed by atoms with Crippen LogP contribution in [0.4, 0.5) is 5.69 Å². The molecule has 0 heterocycles. The van der Waals surface area contributed by atoms with Crippen LogP contribution in [-0.4, -0.2) is 23.2 Å². The van der Waals surface area contributed by atoms with Gasteiger partial charge >= 0.3 is 0 Å². The molecule has 88 valence electrons. The van der Waals surface area contributed by atoms with E-state index in [0.717, 1.165) is 0 Å². The lowest BCUT2D eigenvalue weighted by atomic mass is 9.79. The number of nitro groups is 1. The number of hydrogen-bond acceptors (Lipinski definition) is 4. The van der Waals surface area contributed by atoms with E-state index < -0.39 is 10.3 Å². The highest BCUT2D eigenvalue weighted by Gasteiger charge is 2.31. The van der Waals surface area contributed by atoms with Crippen LogP contribution in [0.25, 0.3) is 0 Å². The van der Waals surface area contributed by atoms with Crippen LogP contribution < -0.4 is 5.73 Å². The Bertz CT molecular complexity index is 381. The molecule has 1 rings (SSSR count). The standard InChI is InChI=1S/C11H16N2O3/c1-11(8-12,6-7-14)9-4-2-3-5-10(9)13(15)16/h2-5,14H,6-8,12H2,1H3. The van der Waals surface area contributed by atoms with Gasteiger partial charge in [-0.25, -0.2) is 0 Å². The summed E-state index contributed by atoms with van der Waals surface area (Å²) in [4.78, 5) is 10.5. The van der Waals surface area contributed by atoms with Gasteiger partial charge in [-0.05, 0) is 6.42 Å². The molecule has 1 aromatic carbocycles. The van der Waals surface area contributed by atoms with Gasteiger partial charge in [-0.3, -0.25) is 10.1 Å². The van der Waals surface area contributed by atoms with E-state index in [1.165, 1.54) is 6.07 Å². The predicted molar refractivity (Wildman–Crippen MR) is 61.2 cm³/mol. The molecule has 0 aliphatic carbocycles. The van der Waals surface area contributed by atoms with E-state index in [2.05, 4.69) is 0 Å². The Hall–Kier alpha value is -1.46. The SMILES string of the molecule is CC(CN)(CCO)c1ccccc1[N+](=O)[O-]. The van der Waals surface area contributed by atoms with Gasteiger partial charge in [0, 0.05) is 30.2 Å². The summed E-state index contributed by atoms with van der Waals surface area (Å²) in [6, 6.07) is 6.52. The molecule has 1 unspecified atom stereocenters. The molecule has 0 amide bonds. The van der Waals surface area contributed by atoms with Crippen LogP contribution in [-0.2, 0) is 5.41 Å². The van der Waals surface area contributed by atoms with Crippen LogP contribution in [0.1, 0.15) is 18.9 Å². The number of aliphatic hydroxyl groups excluding tert-OH is 1. The minimum atomic E-state index is -0.557. The molecular formula is C11H16N2O3. The number of nitro benzene ring substituents is 1. The predicted octanol–water partition coefficient (Wildman–Crippen LogP) is 1.19. The molecule has 0 radical (unpaired) electrons. The number of para-hydroxylation sites is 1. The first-order valence-electron chi connectivity index (χ1n) is 5.10. The number of nitrogens with two attached hydrogens (primary N) is 1. The summed E-state index contributed by atoms with van der Waals surface area (Å²) in [5, 5.41) is 19.9. The normalized spacial score (nSPS) is 14.4. The Morgan fingerprint density at radius 1 is 1.50 bits per heavy atom. The highest BCUT2D eigenvalue weighted by atomic mass is 16.6. The van der Waals surface area contributed by atoms with Gasteiger partial charge < -0.3 is 10.8 Å². The largest absolute Gasteiger partial charge is 0.396 e. The van der Waals surface area contributed by atoms with Crippen molar-refractivity contribution >= 4 is 5.69 Å². The molecule has 0 saturated heterocycles. The summed E-state index contributed by atoms with van der Waals surface area (Å²) in [6.45, 7) is 2.05. The van der Waals surface area contributed by atoms with E-state index in [4.69, 9.17) is 10.8 Å². The summed E-state index contributed by atoms with van der Waals surface area (Å²) in [5.41, 5.74) is 5.74. The lowest BCUT2D eigenvalue weighted by Crippen LogP contribution is -2.33. The molecule has 3 N–H and O–H groups in total. The van der Waals surface area contributed by atoms with E-state index in [1.807, 2.05) is 6.92 Å². The van der Waals surface area contributed by atoms with E-state index >= 15 is 0 Å². The van der Waals surface area contributed by atoms with Crippen LogP contribution in [0.5, 0.6) is 0 Å². The molecule has 1 aromatic rings. The molecule has 5 heteroatoms. The van der Waals surface area contributed by atoms with Gasteiger partial charge in [0.1, 0.15) is 0 Å². The van der Waals surface area contributed by atoms with Crippen LogP contribution in [0.2, 0.25) is 0 Å². The number of benzene rings is 1. The molecule has 0 saturated carbocycles. The zero-order valence-electron chi connectivity index (χ0n) is 9.22. The van der Waals surface area contributed by atoms with Gasteiger partial charge in [0.05, 0.1) is 4.92 Å². The van der Waals surface area contributed by atoms with Gasteiger partial charge in [-0.15, -0.1) is 0 Å². The highest BCUT2D eigenvalue weighted by molar-refractivity contribution is 5.45. The van der Waals surface area contributed by atoms with Crippen LogP contribution in [0, 0.1) is 10.1 Å². The van der Waals surface area contributed by atoms with Crippen molar-refractivity contribution in [3.05, 3.63) is 39.9 Å². The topological polar surface area (TPSA) is 89.4 Å². The summed E-state index contributed by atoms with van der Waals surface area (Å²) in [6.07, 6.45) is 0.411. The fourth-order valence-electron chi connectivity index (χ4n) is 1.74. The third-order valence-electron chi connectivity index (χ3n) is 2.87. The van der Waals surface area contributed by atoms with Gasteiger partial charge in [0.15, 0.2) is 0 Å². The fraction of sp³-hybridized carbons (Fsp3) is 0.455. The molecule has 0 bridgehead atoms. The summed E-state index contributed by atoms with van der Waals surface area (Å²) >= 11 is 0. The molecule has 0 aliphatic heterocycles. The third-order valence-corrected chi connectivity index (χ3v) is 2.87. The van der Waals surface area contributed by atoms with Gasteiger partial charge in [0.25, 0.3) is 5.69 Å². The molecule has 16 heavy (non-hydrogen) atoms. The van der Waals surface area contributed by atoms with E-state index in [-0.39, 0.29) is 18.8 Å². The third kappa shape index (κ3) is 2.37. The summed E-state index contributed by atoms with van der Waals surface area (Å²) < 4.78 is 0. The van der Waals surface area contributed by atoms with Crippen molar-refractivity contribution in [2.45, 2.75) is 18.8 Å². The fourth-order valence-corrected chi connectivity index (χ4v) is 1.74. The van der Waals surface area contributed by atoms with Crippen molar-refractivity contribution in [2.75, 3.05) is 13.2 Å². The molecule has 0 aromatic heterocycles.